The lowest BCUT2D eigenvalue weighted by atomic mass is 10.1. The maximum atomic E-state index is 6.04. The van der Waals surface area contributed by atoms with E-state index in [2.05, 4.69) is 20.3 Å². The number of hydrogen-bond donors (Lipinski definition) is 2. The summed E-state index contributed by atoms with van der Waals surface area (Å²) in [5.74, 6) is 0.791. The van der Waals surface area contributed by atoms with Crippen molar-refractivity contribution in [3.8, 4) is 0 Å². The van der Waals surface area contributed by atoms with Gasteiger partial charge in [-0.05, 0) is 24.3 Å². The van der Waals surface area contributed by atoms with Crippen LogP contribution in [-0.2, 0) is 0 Å². The molecule has 6 heteroatoms. The standard InChI is InChI=1S/C15H12Cl2N4/c16-11-6-12(17)8-13(7-11)21-14(15-19-4-5-20-15)10-2-1-3-18-9-10/h1-9,14,21H,(H,19,20). The van der Waals surface area contributed by atoms with E-state index in [0.29, 0.717) is 10.0 Å². The van der Waals surface area contributed by atoms with Gasteiger partial charge in [-0.15, -0.1) is 0 Å². The second-order valence-electron chi connectivity index (χ2n) is 4.50. The Hall–Kier alpha value is -2.04. The Kier molecular flexibility index (Phi) is 4.08. The van der Waals surface area contributed by atoms with Crippen LogP contribution in [0.3, 0.4) is 0 Å². The molecule has 0 fully saturated rings. The summed E-state index contributed by atoms with van der Waals surface area (Å²) in [5.41, 5.74) is 1.81. The summed E-state index contributed by atoms with van der Waals surface area (Å²) in [4.78, 5) is 11.6. The largest absolute Gasteiger partial charge is 0.371 e. The molecule has 0 saturated carbocycles. The van der Waals surface area contributed by atoms with Crippen LogP contribution in [0.5, 0.6) is 0 Å². The smallest absolute Gasteiger partial charge is 0.133 e. The molecule has 0 bridgehead atoms. The van der Waals surface area contributed by atoms with E-state index in [1.807, 2.05) is 24.3 Å². The van der Waals surface area contributed by atoms with Crippen molar-refractivity contribution in [2.75, 3.05) is 5.32 Å². The first kappa shape index (κ1) is 13.9. The molecule has 21 heavy (non-hydrogen) atoms. The van der Waals surface area contributed by atoms with Crippen LogP contribution in [0.4, 0.5) is 5.69 Å². The van der Waals surface area contributed by atoms with Crippen molar-refractivity contribution < 1.29 is 0 Å². The van der Waals surface area contributed by atoms with E-state index < -0.39 is 0 Å². The predicted octanol–water partition coefficient (Wildman–Crippen LogP) is 4.31. The summed E-state index contributed by atoms with van der Waals surface area (Å²) in [5, 5.41) is 4.53. The number of aromatic nitrogens is 3. The van der Waals surface area contributed by atoms with E-state index in [4.69, 9.17) is 23.2 Å². The van der Waals surface area contributed by atoms with Crippen molar-refractivity contribution >= 4 is 28.9 Å². The fraction of sp³-hybridized carbons (Fsp3) is 0.0667. The third kappa shape index (κ3) is 3.35. The number of H-pyrrole nitrogens is 1. The molecule has 0 spiro atoms. The van der Waals surface area contributed by atoms with Gasteiger partial charge in [0.15, 0.2) is 0 Å². The maximum absolute atomic E-state index is 6.04. The first-order valence-electron chi connectivity index (χ1n) is 6.34. The number of nitrogens with one attached hydrogen (secondary N) is 2. The Morgan fingerprint density at radius 3 is 2.52 bits per heavy atom. The molecule has 2 aromatic heterocycles. The fourth-order valence-electron chi connectivity index (χ4n) is 2.10. The number of anilines is 1. The molecule has 3 rings (SSSR count). The van der Waals surface area contributed by atoms with Gasteiger partial charge in [0.05, 0.1) is 0 Å². The molecule has 2 heterocycles. The summed E-state index contributed by atoms with van der Waals surface area (Å²) in [6.07, 6.45) is 7.03. The van der Waals surface area contributed by atoms with Crippen LogP contribution < -0.4 is 5.32 Å². The van der Waals surface area contributed by atoms with Gasteiger partial charge in [-0.25, -0.2) is 4.98 Å². The van der Waals surface area contributed by atoms with E-state index in [1.165, 1.54) is 0 Å². The molecular formula is C15H12Cl2N4. The Bertz CT molecular complexity index is 694. The van der Waals surface area contributed by atoms with Crippen LogP contribution in [0.15, 0.2) is 55.1 Å². The molecule has 4 nitrogen and oxygen atoms in total. The highest BCUT2D eigenvalue weighted by Crippen LogP contribution is 2.28. The van der Waals surface area contributed by atoms with Crippen LogP contribution in [-0.4, -0.2) is 15.0 Å². The molecule has 0 radical (unpaired) electrons. The Labute approximate surface area is 132 Å². The van der Waals surface area contributed by atoms with Gasteiger partial charge >= 0.3 is 0 Å². The van der Waals surface area contributed by atoms with Gasteiger partial charge in [0.1, 0.15) is 11.9 Å². The molecule has 0 saturated heterocycles. The number of benzene rings is 1. The topological polar surface area (TPSA) is 53.6 Å². The van der Waals surface area contributed by atoms with Gasteiger partial charge in [0.2, 0.25) is 0 Å². The highest BCUT2D eigenvalue weighted by molar-refractivity contribution is 6.35. The lowest BCUT2D eigenvalue weighted by Gasteiger charge is -2.18. The zero-order valence-corrected chi connectivity index (χ0v) is 12.4. The summed E-state index contributed by atoms with van der Waals surface area (Å²) in [6.45, 7) is 0. The van der Waals surface area contributed by atoms with Crippen molar-refractivity contribution in [1.29, 1.82) is 0 Å². The van der Waals surface area contributed by atoms with Crippen molar-refractivity contribution in [3.63, 3.8) is 0 Å². The molecule has 1 atom stereocenters. The van der Waals surface area contributed by atoms with Crippen molar-refractivity contribution in [2.45, 2.75) is 6.04 Å². The SMILES string of the molecule is Clc1cc(Cl)cc(NC(c2cccnc2)c2ncc[nH]2)c1. The van der Waals surface area contributed by atoms with Gasteiger partial charge in [-0.2, -0.15) is 0 Å². The Morgan fingerprint density at radius 2 is 1.90 bits per heavy atom. The number of halogens is 2. The molecule has 1 aromatic carbocycles. The lowest BCUT2D eigenvalue weighted by molar-refractivity contribution is 0.848. The fourth-order valence-corrected chi connectivity index (χ4v) is 2.62. The van der Waals surface area contributed by atoms with Crippen LogP contribution in [0.2, 0.25) is 10.0 Å². The molecule has 106 valence electrons. The van der Waals surface area contributed by atoms with Crippen LogP contribution in [0.1, 0.15) is 17.4 Å². The average Bonchev–Trinajstić information content (AvgIpc) is 2.98. The highest BCUT2D eigenvalue weighted by Gasteiger charge is 2.17. The molecular weight excluding hydrogens is 307 g/mol. The number of aromatic amines is 1. The van der Waals surface area contributed by atoms with E-state index in [9.17, 15) is 0 Å². The van der Waals surface area contributed by atoms with Crippen molar-refractivity contribution in [2.24, 2.45) is 0 Å². The summed E-state index contributed by atoms with van der Waals surface area (Å²) in [7, 11) is 0. The summed E-state index contributed by atoms with van der Waals surface area (Å²) < 4.78 is 0. The molecule has 2 N–H and O–H groups in total. The zero-order chi connectivity index (χ0) is 14.7. The Balaban J connectivity index is 1.97. The number of hydrogen-bond acceptors (Lipinski definition) is 3. The monoisotopic (exact) mass is 318 g/mol. The van der Waals surface area contributed by atoms with Crippen LogP contribution in [0.25, 0.3) is 0 Å². The number of rotatable bonds is 4. The quantitative estimate of drug-likeness (QED) is 0.753. The van der Waals surface area contributed by atoms with Crippen molar-refractivity contribution in [1.82, 2.24) is 15.0 Å². The average molecular weight is 319 g/mol. The van der Waals surface area contributed by atoms with Gasteiger partial charge in [-0.1, -0.05) is 29.3 Å². The van der Waals surface area contributed by atoms with Gasteiger partial charge in [-0.3, -0.25) is 4.98 Å². The third-order valence-corrected chi connectivity index (χ3v) is 3.42. The normalized spacial score (nSPS) is 12.1. The molecule has 0 aliphatic carbocycles. The number of pyridine rings is 1. The highest BCUT2D eigenvalue weighted by atomic mass is 35.5. The van der Waals surface area contributed by atoms with E-state index in [0.717, 1.165) is 17.1 Å². The van der Waals surface area contributed by atoms with Gasteiger partial charge in [0.25, 0.3) is 0 Å². The van der Waals surface area contributed by atoms with E-state index in [1.54, 1.807) is 30.9 Å². The Morgan fingerprint density at radius 1 is 1.10 bits per heavy atom. The number of imidazole rings is 1. The third-order valence-electron chi connectivity index (χ3n) is 2.98. The second kappa shape index (κ2) is 6.16. The minimum absolute atomic E-state index is 0.164. The number of nitrogens with zero attached hydrogens (tertiary/aromatic N) is 2. The maximum Gasteiger partial charge on any atom is 0.133 e. The van der Waals surface area contributed by atoms with Gasteiger partial charge < -0.3 is 10.3 Å². The molecule has 0 amide bonds. The van der Waals surface area contributed by atoms with Crippen molar-refractivity contribution in [3.05, 3.63) is 76.6 Å². The van der Waals surface area contributed by atoms with Crippen LogP contribution >= 0.6 is 23.2 Å². The molecule has 1 unspecified atom stereocenters. The molecule has 3 aromatic rings. The summed E-state index contributed by atoms with van der Waals surface area (Å²) in [6, 6.07) is 9.04. The predicted molar refractivity (Wildman–Crippen MR) is 84.8 cm³/mol. The van der Waals surface area contributed by atoms with Crippen LogP contribution in [0, 0.1) is 0 Å². The minimum Gasteiger partial charge on any atom is -0.371 e. The first-order chi connectivity index (χ1) is 10.2. The van der Waals surface area contributed by atoms with E-state index in [-0.39, 0.29) is 6.04 Å². The zero-order valence-electron chi connectivity index (χ0n) is 10.9. The lowest BCUT2D eigenvalue weighted by Crippen LogP contribution is -2.14. The second-order valence-corrected chi connectivity index (χ2v) is 5.37. The summed E-state index contributed by atoms with van der Waals surface area (Å²) >= 11 is 12.1. The minimum atomic E-state index is -0.164. The van der Waals surface area contributed by atoms with Gasteiger partial charge in [0, 0.05) is 46.1 Å². The first-order valence-corrected chi connectivity index (χ1v) is 7.10. The van der Waals surface area contributed by atoms with E-state index >= 15 is 0 Å². The molecule has 0 aliphatic heterocycles. The molecule has 0 aliphatic rings.